The number of imidazole rings is 1. The Bertz CT molecular complexity index is 724. The molecule has 1 N–H and O–H groups in total. The zero-order valence-electron chi connectivity index (χ0n) is 11.6. The third kappa shape index (κ3) is 2.07. The standard InChI is InChI=1S/C15H15N3O2/c1-9-4-10(8-16-7-9)15-17-11-5-13(19-2)14(20-3)6-12(11)18-15/h4-8H,1-3H3,(H,17,18). The summed E-state index contributed by atoms with van der Waals surface area (Å²) >= 11 is 0. The minimum atomic E-state index is 0.667. The summed E-state index contributed by atoms with van der Waals surface area (Å²) in [6.07, 6.45) is 3.61. The average Bonchev–Trinajstić information content (AvgIpc) is 2.88. The van der Waals surface area contributed by atoms with Gasteiger partial charge in [-0.25, -0.2) is 4.98 Å². The molecular formula is C15H15N3O2. The highest BCUT2D eigenvalue weighted by Crippen LogP contribution is 2.32. The van der Waals surface area contributed by atoms with Crippen molar-refractivity contribution in [2.24, 2.45) is 0 Å². The molecule has 0 spiro atoms. The highest BCUT2D eigenvalue weighted by atomic mass is 16.5. The van der Waals surface area contributed by atoms with Crippen molar-refractivity contribution < 1.29 is 9.47 Å². The number of rotatable bonds is 3. The first-order chi connectivity index (χ1) is 9.71. The summed E-state index contributed by atoms with van der Waals surface area (Å²) in [5.74, 6) is 2.13. The van der Waals surface area contributed by atoms with Gasteiger partial charge in [0.25, 0.3) is 0 Å². The van der Waals surface area contributed by atoms with Crippen LogP contribution in [0, 0.1) is 6.92 Å². The Morgan fingerprint density at radius 3 is 2.45 bits per heavy atom. The van der Waals surface area contributed by atoms with Crippen LogP contribution < -0.4 is 9.47 Å². The molecule has 0 saturated carbocycles. The van der Waals surface area contributed by atoms with E-state index in [0.717, 1.165) is 28.0 Å². The quantitative estimate of drug-likeness (QED) is 0.794. The summed E-state index contributed by atoms with van der Waals surface area (Å²) in [5, 5.41) is 0. The lowest BCUT2D eigenvalue weighted by Crippen LogP contribution is -1.89. The van der Waals surface area contributed by atoms with Gasteiger partial charge < -0.3 is 14.5 Å². The van der Waals surface area contributed by atoms with Crippen molar-refractivity contribution in [2.75, 3.05) is 14.2 Å². The molecule has 0 aliphatic carbocycles. The molecule has 102 valence electrons. The molecule has 0 radical (unpaired) electrons. The van der Waals surface area contributed by atoms with Crippen LogP contribution in [-0.4, -0.2) is 29.2 Å². The molecule has 0 unspecified atom stereocenters. The fraction of sp³-hybridized carbons (Fsp3) is 0.200. The number of benzene rings is 1. The normalized spacial score (nSPS) is 10.8. The number of aromatic nitrogens is 3. The van der Waals surface area contributed by atoms with Crippen LogP contribution in [-0.2, 0) is 0 Å². The number of aromatic amines is 1. The van der Waals surface area contributed by atoms with Crippen LogP contribution in [0.4, 0.5) is 0 Å². The summed E-state index contributed by atoms with van der Waals surface area (Å²) < 4.78 is 10.6. The zero-order chi connectivity index (χ0) is 14.1. The van der Waals surface area contributed by atoms with Crippen molar-refractivity contribution in [2.45, 2.75) is 6.92 Å². The van der Waals surface area contributed by atoms with Crippen molar-refractivity contribution in [1.29, 1.82) is 0 Å². The fourth-order valence-corrected chi connectivity index (χ4v) is 2.16. The van der Waals surface area contributed by atoms with Crippen LogP contribution in [0.2, 0.25) is 0 Å². The summed E-state index contributed by atoms with van der Waals surface area (Å²) in [5.41, 5.74) is 3.79. The van der Waals surface area contributed by atoms with Crippen molar-refractivity contribution in [3.8, 4) is 22.9 Å². The van der Waals surface area contributed by atoms with Crippen molar-refractivity contribution >= 4 is 11.0 Å². The molecule has 2 aromatic heterocycles. The first-order valence-corrected chi connectivity index (χ1v) is 6.25. The number of fused-ring (bicyclic) bond motifs is 1. The number of H-pyrrole nitrogens is 1. The van der Waals surface area contributed by atoms with E-state index in [1.807, 2.05) is 31.3 Å². The van der Waals surface area contributed by atoms with Gasteiger partial charge in [0.15, 0.2) is 11.5 Å². The second-order valence-electron chi connectivity index (χ2n) is 4.56. The van der Waals surface area contributed by atoms with Gasteiger partial charge in [-0.15, -0.1) is 0 Å². The Balaban J connectivity index is 2.15. The van der Waals surface area contributed by atoms with Crippen molar-refractivity contribution in [1.82, 2.24) is 15.0 Å². The second-order valence-corrected chi connectivity index (χ2v) is 4.56. The molecule has 20 heavy (non-hydrogen) atoms. The summed E-state index contributed by atoms with van der Waals surface area (Å²) in [7, 11) is 3.23. The second kappa shape index (κ2) is 4.85. The first-order valence-electron chi connectivity index (χ1n) is 6.25. The van der Waals surface area contributed by atoms with Gasteiger partial charge in [-0.05, 0) is 18.6 Å². The lowest BCUT2D eigenvalue weighted by molar-refractivity contribution is 0.356. The monoisotopic (exact) mass is 269 g/mol. The smallest absolute Gasteiger partial charge is 0.163 e. The van der Waals surface area contributed by atoms with E-state index in [1.54, 1.807) is 20.4 Å². The van der Waals surface area contributed by atoms with Gasteiger partial charge in [-0.3, -0.25) is 4.98 Å². The Labute approximate surface area is 116 Å². The van der Waals surface area contributed by atoms with Gasteiger partial charge in [0.2, 0.25) is 0 Å². The van der Waals surface area contributed by atoms with Crippen molar-refractivity contribution in [3.63, 3.8) is 0 Å². The van der Waals surface area contributed by atoms with E-state index in [9.17, 15) is 0 Å². The maximum atomic E-state index is 5.29. The molecule has 2 heterocycles. The van der Waals surface area contributed by atoms with Gasteiger partial charge in [-0.2, -0.15) is 0 Å². The maximum Gasteiger partial charge on any atom is 0.163 e. The molecule has 0 fully saturated rings. The Kier molecular flexibility index (Phi) is 3.02. The molecule has 3 rings (SSSR count). The number of hydrogen-bond acceptors (Lipinski definition) is 4. The predicted octanol–water partition coefficient (Wildman–Crippen LogP) is 2.95. The van der Waals surface area contributed by atoms with Crippen LogP contribution in [0.25, 0.3) is 22.4 Å². The summed E-state index contributed by atoms with van der Waals surface area (Å²) in [4.78, 5) is 12.0. The third-order valence-corrected chi connectivity index (χ3v) is 3.14. The topological polar surface area (TPSA) is 60.0 Å². The predicted molar refractivity (Wildman–Crippen MR) is 77.2 cm³/mol. The van der Waals surface area contributed by atoms with Crippen LogP contribution in [0.1, 0.15) is 5.56 Å². The Morgan fingerprint density at radius 2 is 1.75 bits per heavy atom. The van der Waals surface area contributed by atoms with Crippen molar-refractivity contribution in [3.05, 3.63) is 36.2 Å². The number of aryl methyl sites for hydroxylation is 1. The molecule has 5 nitrogen and oxygen atoms in total. The molecule has 5 heteroatoms. The largest absolute Gasteiger partial charge is 0.493 e. The van der Waals surface area contributed by atoms with E-state index in [2.05, 4.69) is 15.0 Å². The van der Waals surface area contributed by atoms with E-state index < -0.39 is 0 Å². The molecular weight excluding hydrogens is 254 g/mol. The van der Waals surface area contributed by atoms with Gasteiger partial charge in [0, 0.05) is 30.1 Å². The minimum absolute atomic E-state index is 0.667. The van der Waals surface area contributed by atoms with E-state index >= 15 is 0 Å². The maximum absolute atomic E-state index is 5.29. The molecule has 0 saturated heterocycles. The van der Waals surface area contributed by atoms with Crippen LogP contribution >= 0.6 is 0 Å². The van der Waals surface area contributed by atoms with Gasteiger partial charge in [-0.1, -0.05) is 0 Å². The molecule has 1 aromatic carbocycles. The van der Waals surface area contributed by atoms with Gasteiger partial charge >= 0.3 is 0 Å². The molecule has 0 atom stereocenters. The zero-order valence-corrected chi connectivity index (χ0v) is 11.6. The summed E-state index contributed by atoms with van der Waals surface area (Å²) in [6.45, 7) is 2.01. The SMILES string of the molecule is COc1cc2nc(-c3cncc(C)c3)[nH]c2cc1OC. The number of methoxy groups -OCH3 is 2. The van der Waals surface area contributed by atoms with Gasteiger partial charge in [0.05, 0.1) is 25.3 Å². The number of nitrogens with one attached hydrogen (secondary N) is 1. The van der Waals surface area contributed by atoms with E-state index in [4.69, 9.17) is 9.47 Å². The average molecular weight is 269 g/mol. The fourth-order valence-electron chi connectivity index (χ4n) is 2.16. The molecule has 0 aliphatic rings. The Hall–Kier alpha value is -2.56. The lowest BCUT2D eigenvalue weighted by Gasteiger charge is -2.06. The molecule has 0 aliphatic heterocycles. The molecule has 3 aromatic rings. The Morgan fingerprint density at radius 1 is 1.00 bits per heavy atom. The number of nitrogens with zero attached hydrogens (tertiary/aromatic N) is 2. The molecule has 0 amide bonds. The first kappa shape index (κ1) is 12.5. The van der Waals surface area contributed by atoms with Crippen LogP contribution in [0.3, 0.4) is 0 Å². The third-order valence-electron chi connectivity index (χ3n) is 3.14. The highest BCUT2D eigenvalue weighted by Gasteiger charge is 2.11. The number of hydrogen-bond donors (Lipinski definition) is 1. The van der Waals surface area contributed by atoms with E-state index in [-0.39, 0.29) is 0 Å². The minimum Gasteiger partial charge on any atom is -0.493 e. The number of ether oxygens (including phenoxy) is 2. The van der Waals surface area contributed by atoms with E-state index in [1.165, 1.54) is 0 Å². The van der Waals surface area contributed by atoms with E-state index in [0.29, 0.717) is 11.5 Å². The van der Waals surface area contributed by atoms with Crippen LogP contribution in [0.5, 0.6) is 11.5 Å². The summed E-state index contributed by atoms with van der Waals surface area (Å²) in [6, 6.07) is 5.78. The lowest BCUT2D eigenvalue weighted by atomic mass is 10.2. The van der Waals surface area contributed by atoms with Crippen LogP contribution in [0.15, 0.2) is 30.6 Å². The number of pyridine rings is 1. The van der Waals surface area contributed by atoms with Gasteiger partial charge in [0.1, 0.15) is 5.82 Å². The molecule has 0 bridgehead atoms. The highest BCUT2D eigenvalue weighted by molar-refractivity contribution is 5.83.